The average Bonchev–Trinajstić information content (AvgIpc) is 3.37. The lowest BCUT2D eigenvalue weighted by atomic mass is 10.0. The Morgan fingerprint density at radius 1 is 1.29 bits per heavy atom. The molecule has 0 unspecified atom stereocenters. The van der Waals surface area contributed by atoms with Gasteiger partial charge in [0, 0.05) is 17.0 Å². The van der Waals surface area contributed by atoms with Crippen molar-refractivity contribution in [3.05, 3.63) is 70.8 Å². The lowest BCUT2D eigenvalue weighted by Crippen LogP contribution is -2.36. The molecular weight excluding hydrogens is 350 g/mol. The van der Waals surface area contributed by atoms with Crippen LogP contribution in [0, 0.1) is 24.8 Å². The number of fused-ring (bicyclic) bond motifs is 9. The maximum atomic E-state index is 9.61. The van der Waals surface area contributed by atoms with Crippen LogP contribution in [0.2, 0.25) is 0 Å². The Morgan fingerprint density at radius 3 is 3.00 bits per heavy atom. The Balaban J connectivity index is 1.80. The number of aryl methyl sites for hydroxylation is 1. The van der Waals surface area contributed by atoms with E-state index in [4.69, 9.17) is 11.0 Å². The smallest absolute Gasteiger partial charge is 0.227 e. The van der Waals surface area contributed by atoms with Crippen molar-refractivity contribution in [2.75, 3.05) is 0 Å². The number of benzene rings is 2. The van der Waals surface area contributed by atoms with E-state index in [-0.39, 0.29) is 0 Å². The molecule has 130 valence electrons. The predicted molar refractivity (Wildman–Crippen MR) is 103 cm³/mol. The van der Waals surface area contributed by atoms with Gasteiger partial charge in [-0.2, -0.15) is 5.26 Å². The van der Waals surface area contributed by atoms with Gasteiger partial charge in [-0.3, -0.25) is 0 Å². The molecule has 0 radical (unpaired) electrons. The summed E-state index contributed by atoms with van der Waals surface area (Å²) in [7, 11) is 0. The van der Waals surface area contributed by atoms with Gasteiger partial charge in [-0.05, 0) is 36.8 Å². The van der Waals surface area contributed by atoms with Crippen molar-refractivity contribution in [3.63, 3.8) is 0 Å². The quantitative estimate of drug-likeness (QED) is 0.299. The predicted octanol–water partition coefficient (Wildman–Crippen LogP) is 4.30. The molecule has 0 bridgehead atoms. The molecule has 0 fully saturated rings. The normalized spacial score (nSPS) is 12.2. The number of aromatic nitrogens is 3. The second-order valence-electron chi connectivity index (χ2n) is 7.01. The Labute approximate surface area is 159 Å². The van der Waals surface area contributed by atoms with E-state index < -0.39 is 0 Å². The topological polar surface area (TPSA) is 63.0 Å². The van der Waals surface area contributed by atoms with Gasteiger partial charge < -0.3 is 4.42 Å². The summed E-state index contributed by atoms with van der Waals surface area (Å²) in [6, 6.07) is 11.9. The number of nitriles is 1. The molecule has 28 heavy (non-hydrogen) atoms. The summed E-state index contributed by atoms with van der Waals surface area (Å²) < 4.78 is 10.3. The van der Waals surface area contributed by atoms with Crippen molar-refractivity contribution in [2.45, 2.75) is 13.5 Å². The highest BCUT2D eigenvalue weighted by molar-refractivity contribution is 6.07. The highest BCUT2D eigenvalue weighted by atomic mass is 16.3. The third-order valence-corrected chi connectivity index (χ3v) is 5.57. The van der Waals surface area contributed by atoms with Crippen LogP contribution < -0.4 is 4.68 Å². The number of nitrogens with zero attached hydrogens (tertiary/aromatic N) is 5. The second kappa shape index (κ2) is 4.97. The molecule has 0 amide bonds. The molecule has 5 aromatic rings. The Bertz CT molecular complexity index is 1570. The molecule has 3 aromatic heterocycles. The maximum absolute atomic E-state index is 9.61. The van der Waals surface area contributed by atoms with E-state index >= 15 is 0 Å². The molecule has 0 N–H and O–H groups in total. The summed E-state index contributed by atoms with van der Waals surface area (Å²) in [4.78, 5) is 7.86. The molecule has 2 aromatic carbocycles. The average molecular weight is 362 g/mol. The van der Waals surface area contributed by atoms with Crippen LogP contribution in [0.3, 0.4) is 0 Å². The molecule has 0 aliphatic carbocycles. The van der Waals surface area contributed by atoms with E-state index in [1.807, 2.05) is 24.4 Å². The van der Waals surface area contributed by atoms with E-state index in [2.05, 4.69) is 38.3 Å². The summed E-state index contributed by atoms with van der Waals surface area (Å²) in [5.74, 6) is 0. The summed E-state index contributed by atoms with van der Waals surface area (Å²) in [6.07, 6.45) is 3.68. The van der Waals surface area contributed by atoms with Crippen LogP contribution in [0.4, 0.5) is 5.69 Å². The Kier molecular flexibility index (Phi) is 2.65. The van der Waals surface area contributed by atoms with Crippen molar-refractivity contribution in [1.82, 2.24) is 9.67 Å². The van der Waals surface area contributed by atoms with Gasteiger partial charge >= 0.3 is 0 Å². The lowest BCUT2D eigenvalue weighted by Gasteiger charge is -2.03. The van der Waals surface area contributed by atoms with Crippen LogP contribution in [0.5, 0.6) is 0 Å². The van der Waals surface area contributed by atoms with Gasteiger partial charge in [0.15, 0.2) is 11.3 Å². The largest absolute Gasteiger partial charge is 0.435 e. The molecule has 6 nitrogen and oxygen atoms in total. The van der Waals surface area contributed by atoms with Gasteiger partial charge in [0.05, 0.1) is 29.2 Å². The molecule has 4 heterocycles. The Morgan fingerprint density at radius 2 is 2.18 bits per heavy atom. The van der Waals surface area contributed by atoms with Crippen LogP contribution in [0.15, 0.2) is 47.1 Å². The van der Waals surface area contributed by atoms with Crippen molar-refractivity contribution in [2.24, 2.45) is 0 Å². The minimum absolute atomic E-state index is 0.377. The van der Waals surface area contributed by atoms with E-state index in [1.165, 1.54) is 11.1 Å². The van der Waals surface area contributed by atoms with Crippen molar-refractivity contribution in [1.29, 1.82) is 5.26 Å². The zero-order chi connectivity index (χ0) is 19.0. The first kappa shape index (κ1) is 15.0. The fourth-order valence-electron chi connectivity index (χ4n) is 4.32. The highest BCUT2D eigenvalue weighted by Crippen LogP contribution is 2.39. The zero-order valence-electron chi connectivity index (χ0n) is 14.9. The second-order valence-corrected chi connectivity index (χ2v) is 7.01. The molecule has 6 heteroatoms. The first-order valence-electron chi connectivity index (χ1n) is 8.87. The summed E-state index contributed by atoms with van der Waals surface area (Å²) in [5, 5.41) is 12.4. The van der Waals surface area contributed by atoms with Crippen molar-refractivity contribution >= 4 is 38.7 Å². The summed E-state index contributed by atoms with van der Waals surface area (Å²) >= 11 is 0. The fraction of sp³-hybridized carbons (Fsp3) is 0.0909. The lowest BCUT2D eigenvalue weighted by molar-refractivity contribution is -0.749. The SMILES string of the molecule is [C-]#[N+]c1ccc2c(c[n+]3n2-c2c(c(C)cc4c2oc2ncccc24)C3)c1C#N. The van der Waals surface area contributed by atoms with E-state index in [9.17, 15) is 5.26 Å². The van der Waals surface area contributed by atoms with E-state index in [1.54, 1.807) is 12.3 Å². The molecule has 6 rings (SSSR count). The van der Waals surface area contributed by atoms with Gasteiger partial charge in [0.1, 0.15) is 5.52 Å². The van der Waals surface area contributed by atoms with Gasteiger partial charge in [-0.1, -0.05) is 6.07 Å². The highest BCUT2D eigenvalue weighted by Gasteiger charge is 2.34. The molecule has 0 spiro atoms. The van der Waals surface area contributed by atoms with Crippen LogP contribution in [0.1, 0.15) is 16.7 Å². The molecule has 0 saturated carbocycles. The molecule has 0 atom stereocenters. The summed E-state index contributed by atoms with van der Waals surface area (Å²) in [5.41, 5.74) is 6.48. The molecular formula is C22H12N5O+. The van der Waals surface area contributed by atoms with Crippen LogP contribution in [0.25, 0.3) is 43.5 Å². The zero-order valence-corrected chi connectivity index (χ0v) is 14.9. The van der Waals surface area contributed by atoms with Gasteiger partial charge in [-0.25, -0.2) is 9.83 Å². The third-order valence-electron chi connectivity index (χ3n) is 5.57. The van der Waals surface area contributed by atoms with E-state index in [0.717, 1.165) is 32.9 Å². The Hall–Kier alpha value is -4.16. The number of hydrogen-bond donors (Lipinski definition) is 0. The number of rotatable bonds is 0. The minimum Gasteiger partial charge on any atom is -0.435 e. The van der Waals surface area contributed by atoms with Crippen LogP contribution in [-0.2, 0) is 6.54 Å². The first-order valence-corrected chi connectivity index (χ1v) is 8.87. The van der Waals surface area contributed by atoms with Crippen LogP contribution in [-0.4, -0.2) is 9.67 Å². The minimum atomic E-state index is 0.377. The number of hydrogen-bond acceptors (Lipinski definition) is 3. The molecule has 1 aliphatic rings. The first-order chi connectivity index (χ1) is 13.7. The van der Waals surface area contributed by atoms with Crippen LogP contribution >= 0.6 is 0 Å². The monoisotopic (exact) mass is 362 g/mol. The molecule has 1 aliphatic heterocycles. The fourth-order valence-corrected chi connectivity index (χ4v) is 4.32. The standard InChI is InChI=1S/C22H12N5O/c1-12-8-14-13-4-3-7-25-22(13)28-21(14)20-16(12)10-26-11-17-15(9-23)18(24-2)5-6-19(17)27(20)26/h3-8,11H,10H2,1H3/q+1. The van der Waals surface area contributed by atoms with E-state index in [0.29, 0.717) is 23.5 Å². The van der Waals surface area contributed by atoms with Gasteiger partial charge in [-0.15, -0.1) is 9.36 Å². The maximum Gasteiger partial charge on any atom is 0.227 e. The third kappa shape index (κ3) is 1.65. The number of pyridine rings is 1. The van der Waals surface area contributed by atoms with Crippen molar-refractivity contribution < 1.29 is 9.10 Å². The summed E-state index contributed by atoms with van der Waals surface area (Å²) in [6.45, 7) is 10.1. The molecule has 0 saturated heterocycles. The van der Waals surface area contributed by atoms with Gasteiger partial charge in [0.2, 0.25) is 24.1 Å². The van der Waals surface area contributed by atoms with Gasteiger partial charge in [0.25, 0.3) is 0 Å². The number of furan rings is 1. The van der Waals surface area contributed by atoms with Crippen molar-refractivity contribution in [3.8, 4) is 11.8 Å².